The van der Waals surface area contributed by atoms with Crippen molar-refractivity contribution in [2.45, 2.75) is 16.8 Å². The number of benzene rings is 1. The molecule has 0 amide bonds. The van der Waals surface area contributed by atoms with Crippen LogP contribution in [0.5, 0.6) is 0 Å². The van der Waals surface area contributed by atoms with E-state index in [4.69, 9.17) is 0 Å². The van der Waals surface area contributed by atoms with Crippen molar-refractivity contribution >= 4 is 23.5 Å². The Morgan fingerprint density at radius 3 is 2.95 bits per heavy atom. The first-order valence-electron chi connectivity index (χ1n) is 5.83. The molecule has 0 aliphatic carbocycles. The fraction of sp³-hybridized carbons (Fsp3) is 0.0769. The molecule has 2 aromatic heterocycles. The summed E-state index contributed by atoms with van der Waals surface area (Å²) in [6, 6.07) is 8.71. The Kier molecular flexibility index (Phi) is 3.11. The van der Waals surface area contributed by atoms with Gasteiger partial charge in [0.25, 0.3) is 5.78 Å². The average Bonchev–Trinajstić information content (AvgIpc) is 2.87. The molecule has 0 bridgehead atoms. The molecule has 100 valence electrons. The number of aromatic carboxylic acids is 1. The van der Waals surface area contributed by atoms with Gasteiger partial charge >= 0.3 is 5.97 Å². The summed E-state index contributed by atoms with van der Waals surface area (Å²) in [5, 5.41) is 14.1. The molecule has 0 saturated carbocycles. The van der Waals surface area contributed by atoms with Crippen LogP contribution in [0, 0.1) is 6.92 Å². The lowest BCUT2D eigenvalue weighted by Gasteiger charge is -2.07. The van der Waals surface area contributed by atoms with E-state index in [1.165, 1.54) is 18.1 Å². The molecule has 1 N–H and O–H groups in total. The first-order valence-corrected chi connectivity index (χ1v) is 6.64. The van der Waals surface area contributed by atoms with E-state index in [1.807, 2.05) is 13.0 Å². The highest BCUT2D eigenvalue weighted by Gasteiger charge is 2.13. The van der Waals surface area contributed by atoms with E-state index >= 15 is 0 Å². The third-order valence-corrected chi connectivity index (χ3v) is 3.76. The lowest BCUT2D eigenvalue weighted by molar-refractivity contribution is 0.0693. The fourth-order valence-electron chi connectivity index (χ4n) is 1.81. The molecule has 3 aromatic rings. The lowest BCUT2D eigenvalue weighted by atomic mass is 10.2. The standard InChI is InChI=1S/C13H10N4O2S/c1-8-6-11(17-13(16-8)14-7-15-17)20-10-5-3-2-4-9(10)12(18)19/h2-7H,1H3,(H,18,19). The van der Waals surface area contributed by atoms with E-state index < -0.39 is 5.97 Å². The van der Waals surface area contributed by atoms with Gasteiger partial charge in [0, 0.05) is 10.6 Å². The van der Waals surface area contributed by atoms with Crippen molar-refractivity contribution in [3.8, 4) is 0 Å². The number of carboxylic acids is 1. The molecule has 7 heteroatoms. The SMILES string of the molecule is Cc1cc(Sc2ccccc2C(=O)O)n2ncnc2n1. The Morgan fingerprint density at radius 1 is 1.35 bits per heavy atom. The highest BCUT2D eigenvalue weighted by molar-refractivity contribution is 7.99. The smallest absolute Gasteiger partial charge is 0.336 e. The number of rotatable bonds is 3. The molecule has 0 radical (unpaired) electrons. The number of hydrogen-bond acceptors (Lipinski definition) is 5. The van der Waals surface area contributed by atoms with E-state index in [0.29, 0.717) is 10.7 Å². The Hall–Kier alpha value is -2.41. The zero-order valence-electron chi connectivity index (χ0n) is 10.5. The second-order valence-electron chi connectivity index (χ2n) is 4.11. The van der Waals surface area contributed by atoms with E-state index in [1.54, 1.807) is 28.8 Å². The van der Waals surface area contributed by atoms with Gasteiger partial charge in [-0.1, -0.05) is 23.9 Å². The summed E-state index contributed by atoms with van der Waals surface area (Å²) < 4.78 is 1.59. The van der Waals surface area contributed by atoms with E-state index in [0.717, 1.165) is 10.7 Å². The Bertz CT molecular complexity index is 800. The van der Waals surface area contributed by atoms with Crippen molar-refractivity contribution < 1.29 is 9.90 Å². The van der Waals surface area contributed by atoms with Crippen molar-refractivity contribution in [2.75, 3.05) is 0 Å². The van der Waals surface area contributed by atoms with Crippen LogP contribution in [0.3, 0.4) is 0 Å². The molecular formula is C13H10N4O2S. The van der Waals surface area contributed by atoms with Crippen LogP contribution in [0.15, 0.2) is 46.6 Å². The highest BCUT2D eigenvalue weighted by atomic mass is 32.2. The van der Waals surface area contributed by atoms with Crippen LogP contribution in [0.2, 0.25) is 0 Å². The zero-order valence-corrected chi connectivity index (χ0v) is 11.3. The number of hydrogen-bond donors (Lipinski definition) is 1. The first kappa shape index (κ1) is 12.6. The number of nitrogens with zero attached hydrogens (tertiary/aromatic N) is 4. The minimum Gasteiger partial charge on any atom is -0.478 e. The van der Waals surface area contributed by atoms with Gasteiger partial charge in [-0.2, -0.15) is 14.6 Å². The molecule has 0 aliphatic heterocycles. The largest absolute Gasteiger partial charge is 0.478 e. The van der Waals surface area contributed by atoms with Crippen molar-refractivity contribution in [3.63, 3.8) is 0 Å². The van der Waals surface area contributed by atoms with Crippen molar-refractivity contribution in [1.29, 1.82) is 0 Å². The highest BCUT2D eigenvalue weighted by Crippen LogP contribution is 2.30. The van der Waals surface area contributed by atoms with E-state index in [-0.39, 0.29) is 5.56 Å². The van der Waals surface area contributed by atoms with Gasteiger partial charge in [-0.3, -0.25) is 0 Å². The number of carbonyl (C=O) groups is 1. The molecule has 1 aromatic carbocycles. The Morgan fingerprint density at radius 2 is 2.15 bits per heavy atom. The maximum atomic E-state index is 11.2. The third kappa shape index (κ3) is 2.23. The number of fused-ring (bicyclic) bond motifs is 1. The zero-order chi connectivity index (χ0) is 14.1. The van der Waals surface area contributed by atoms with Crippen LogP contribution in [0.4, 0.5) is 0 Å². The fourth-order valence-corrected chi connectivity index (χ4v) is 2.90. The van der Waals surface area contributed by atoms with Gasteiger partial charge in [0.15, 0.2) is 0 Å². The summed E-state index contributed by atoms with van der Waals surface area (Å²) in [4.78, 5) is 20.2. The molecule has 0 spiro atoms. The average molecular weight is 286 g/mol. The second-order valence-corrected chi connectivity index (χ2v) is 5.17. The summed E-state index contributed by atoms with van der Waals surface area (Å²) in [5.41, 5.74) is 1.07. The van der Waals surface area contributed by atoms with Crippen molar-refractivity contribution in [1.82, 2.24) is 19.6 Å². The summed E-state index contributed by atoms with van der Waals surface area (Å²) >= 11 is 1.33. The molecule has 3 rings (SSSR count). The van der Waals surface area contributed by atoms with Crippen LogP contribution < -0.4 is 0 Å². The van der Waals surface area contributed by atoms with Gasteiger partial charge in [0.1, 0.15) is 11.4 Å². The van der Waals surface area contributed by atoms with Gasteiger partial charge < -0.3 is 5.11 Å². The Labute approximate surface area is 118 Å². The maximum absolute atomic E-state index is 11.2. The predicted octanol–water partition coefficient (Wildman–Crippen LogP) is 2.28. The first-order chi connectivity index (χ1) is 9.65. The van der Waals surface area contributed by atoms with E-state index in [9.17, 15) is 9.90 Å². The predicted molar refractivity (Wildman–Crippen MR) is 73.0 cm³/mol. The monoisotopic (exact) mass is 286 g/mol. The molecule has 0 unspecified atom stereocenters. The molecule has 0 fully saturated rings. The van der Waals surface area contributed by atoms with Gasteiger partial charge in [0.2, 0.25) is 0 Å². The van der Waals surface area contributed by atoms with Gasteiger partial charge in [0.05, 0.1) is 5.56 Å². The molecule has 0 aliphatic rings. The normalized spacial score (nSPS) is 10.8. The minimum atomic E-state index is -0.950. The number of aryl methyl sites for hydroxylation is 1. The van der Waals surface area contributed by atoms with Gasteiger partial charge in [-0.15, -0.1) is 0 Å². The van der Waals surface area contributed by atoms with Gasteiger partial charge in [-0.05, 0) is 25.1 Å². The number of carboxylic acid groups (broad SMARTS) is 1. The quantitative estimate of drug-likeness (QED) is 0.744. The topological polar surface area (TPSA) is 80.4 Å². The molecule has 0 saturated heterocycles. The minimum absolute atomic E-state index is 0.264. The lowest BCUT2D eigenvalue weighted by Crippen LogP contribution is -2.00. The summed E-state index contributed by atoms with van der Waals surface area (Å²) in [7, 11) is 0. The maximum Gasteiger partial charge on any atom is 0.336 e. The molecule has 20 heavy (non-hydrogen) atoms. The molecule has 2 heterocycles. The van der Waals surface area contributed by atoms with E-state index in [2.05, 4.69) is 15.1 Å². The number of aromatic nitrogens is 4. The molecule has 0 atom stereocenters. The molecule has 6 nitrogen and oxygen atoms in total. The van der Waals surface area contributed by atoms with Crippen LogP contribution in [-0.2, 0) is 0 Å². The van der Waals surface area contributed by atoms with Crippen LogP contribution in [0.25, 0.3) is 5.78 Å². The van der Waals surface area contributed by atoms with Crippen LogP contribution in [0.1, 0.15) is 16.1 Å². The summed E-state index contributed by atoms with van der Waals surface area (Å²) in [5.74, 6) is -0.450. The van der Waals surface area contributed by atoms with Crippen molar-refractivity contribution in [2.24, 2.45) is 0 Å². The second kappa shape index (κ2) is 4.93. The Balaban J connectivity index is 2.10. The molecular weight excluding hydrogens is 276 g/mol. The van der Waals surface area contributed by atoms with Crippen LogP contribution >= 0.6 is 11.8 Å². The van der Waals surface area contributed by atoms with Gasteiger partial charge in [-0.25, -0.2) is 9.78 Å². The third-order valence-electron chi connectivity index (χ3n) is 2.68. The summed E-state index contributed by atoms with van der Waals surface area (Å²) in [6.45, 7) is 1.86. The van der Waals surface area contributed by atoms with Crippen molar-refractivity contribution in [3.05, 3.63) is 47.9 Å². The van der Waals surface area contributed by atoms with Crippen LogP contribution in [-0.4, -0.2) is 30.7 Å². The summed E-state index contributed by atoms with van der Waals surface area (Å²) in [6.07, 6.45) is 1.43.